The third-order valence-electron chi connectivity index (χ3n) is 4.93. The van der Waals surface area contributed by atoms with Crippen LogP contribution in [0.2, 0.25) is 0 Å². The number of nitrogen functional groups attached to an aromatic ring is 1. The van der Waals surface area contributed by atoms with Gasteiger partial charge < -0.3 is 15.4 Å². The number of nitro benzene ring substituents is 2. The van der Waals surface area contributed by atoms with Gasteiger partial charge in [-0.25, -0.2) is 14.8 Å². The van der Waals surface area contributed by atoms with Crippen molar-refractivity contribution in [3.8, 4) is 5.75 Å². The van der Waals surface area contributed by atoms with Crippen molar-refractivity contribution < 1.29 is 24.2 Å². The van der Waals surface area contributed by atoms with Crippen molar-refractivity contribution in [2.45, 2.75) is 6.54 Å². The summed E-state index contributed by atoms with van der Waals surface area (Å²) in [6, 6.07) is 8.06. The molecule has 2 aromatic carbocycles. The van der Waals surface area contributed by atoms with E-state index >= 15 is 0 Å². The van der Waals surface area contributed by atoms with Gasteiger partial charge in [0.15, 0.2) is 11.2 Å². The molecule has 0 atom stereocenters. The van der Waals surface area contributed by atoms with Gasteiger partial charge >= 0.3 is 11.7 Å². The minimum Gasteiger partial charge on any atom is -0.416 e. The van der Waals surface area contributed by atoms with Crippen molar-refractivity contribution in [2.24, 2.45) is 0 Å². The van der Waals surface area contributed by atoms with Gasteiger partial charge in [-0.1, -0.05) is 0 Å². The number of nitro groups is 2. The molecule has 0 saturated carbocycles. The molecule has 0 spiro atoms. The monoisotopic (exact) mass is 506 g/mol. The first-order valence-electron chi connectivity index (χ1n) is 10.1. The molecule has 0 fully saturated rings. The van der Waals surface area contributed by atoms with Crippen LogP contribution >= 0.6 is 0 Å². The Kier molecular flexibility index (Phi) is 6.46. The van der Waals surface area contributed by atoms with E-state index < -0.39 is 38.5 Å². The van der Waals surface area contributed by atoms with Crippen LogP contribution in [0, 0.1) is 20.2 Å². The number of carbonyl (C=O) groups is 2. The topological polar surface area (TPSA) is 230 Å². The Morgan fingerprint density at radius 2 is 1.84 bits per heavy atom. The summed E-state index contributed by atoms with van der Waals surface area (Å²) in [5, 5.41) is 22.1. The lowest BCUT2D eigenvalue weighted by molar-refractivity contribution is -0.394. The van der Waals surface area contributed by atoms with Crippen molar-refractivity contribution in [1.82, 2.24) is 19.9 Å². The van der Waals surface area contributed by atoms with Crippen molar-refractivity contribution in [1.29, 1.82) is 0 Å². The highest BCUT2D eigenvalue weighted by molar-refractivity contribution is 5.92. The number of benzene rings is 2. The van der Waals surface area contributed by atoms with Crippen LogP contribution < -0.4 is 20.9 Å². The van der Waals surface area contributed by atoms with Gasteiger partial charge in [0, 0.05) is 11.8 Å². The molecular formula is C21H14N8O8. The van der Waals surface area contributed by atoms with E-state index in [4.69, 9.17) is 10.5 Å². The number of fused-ring (bicyclic) bond motifs is 1. The molecular weight excluding hydrogens is 492 g/mol. The third kappa shape index (κ3) is 5.16. The number of amides is 1. The second kappa shape index (κ2) is 9.82. The summed E-state index contributed by atoms with van der Waals surface area (Å²) in [6.07, 6.45) is 1.83. The lowest BCUT2D eigenvalue weighted by Crippen LogP contribution is -2.22. The van der Waals surface area contributed by atoms with Gasteiger partial charge in [-0.2, -0.15) is 4.98 Å². The first-order valence-corrected chi connectivity index (χ1v) is 10.1. The maximum Gasteiger partial charge on any atom is 0.343 e. The van der Waals surface area contributed by atoms with Crippen molar-refractivity contribution in [2.75, 3.05) is 10.6 Å². The summed E-state index contributed by atoms with van der Waals surface area (Å²) in [7, 11) is 0. The maximum atomic E-state index is 12.5. The molecule has 37 heavy (non-hydrogen) atoms. The Balaban J connectivity index is 1.52. The molecule has 0 bridgehead atoms. The fourth-order valence-electron chi connectivity index (χ4n) is 3.21. The quantitative estimate of drug-likeness (QED) is 0.114. The molecule has 0 saturated heterocycles. The number of ether oxygens (including phenoxy) is 1. The number of carbonyl (C=O) groups excluding carboxylic acids is 2. The molecule has 0 aliphatic carbocycles. The van der Waals surface area contributed by atoms with Crippen LogP contribution in [0.5, 0.6) is 5.75 Å². The second-order valence-electron chi connectivity index (χ2n) is 7.32. The molecule has 16 nitrogen and oxygen atoms in total. The molecule has 4 rings (SSSR count). The molecule has 0 unspecified atom stereocenters. The number of aromatic nitrogens is 4. The molecule has 1 amide bonds. The summed E-state index contributed by atoms with van der Waals surface area (Å²) in [5.74, 6) is -1.55. The fourth-order valence-corrected chi connectivity index (χ4v) is 3.21. The number of rotatable bonds is 8. The molecule has 186 valence electrons. The highest BCUT2D eigenvalue weighted by Gasteiger charge is 2.23. The van der Waals surface area contributed by atoms with E-state index in [9.17, 15) is 34.6 Å². The number of esters is 1. The van der Waals surface area contributed by atoms with Crippen LogP contribution in [0.15, 0.2) is 53.5 Å². The van der Waals surface area contributed by atoms with Gasteiger partial charge in [-0.3, -0.25) is 34.8 Å². The molecule has 4 aromatic rings. The van der Waals surface area contributed by atoms with Crippen molar-refractivity contribution >= 4 is 46.6 Å². The van der Waals surface area contributed by atoms with E-state index in [1.54, 1.807) is 0 Å². The lowest BCUT2D eigenvalue weighted by atomic mass is 10.2. The molecule has 0 aliphatic rings. The van der Waals surface area contributed by atoms with Gasteiger partial charge in [0.05, 0.1) is 39.9 Å². The van der Waals surface area contributed by atoms with Gasteiger partial charge in [-0.15, -0.1) is 0 Å². The highest BCUT2D eigenvalue weighted by Crippen LogP contribution is 2.31. The average molecular weight is 506 g/mol. The molecule has 3 N–H and O–H groups in total. The second-order valence-corrected chi connectivity index (χ2v) is 7.32. The summed E-state index contributed by atoms with van der Waals surface area (Å²) >= 11 is 0. The summed E-state index contributed by atoms with van der Waals surface area (Å²) < 4.78 is 5.06. The zero-order valence-corrected chi connectivity index (χ0v) is 18.4. The van der Waals surface area contributed by atoms with Crippen LogP contribution in [0.1, 0.15) is 16.1 Å². The predicted octanol–water partition coefficient (Wildman–Crippen LogP) is 1.49. The summed E-state index contributed by atoms with van der Waals surface area (Å²) in [5.41, 5.74) is 4.19. The Bertz CT molecular complexity index is 1620. The minimum absolute atomic E-state index is 0.0112. The third-order valence-corrected chi connectivity index (χ3v) is 4.93. The van der Waals surface area contributed by atoms with Gasteiger partial charge in [0.2, 0.25) is 18.1 Å². The summed E-state index contributed by atoms with van der Waals surface area (Å²) in [6.45, 7) is -0.0744. The van der Waals surface area contributed by atoms with Crippen LogP contribution in [-0.2, 0) is 11.3 Å². The van der Waals surface area contributed by atoms with Gasteiger partial charge in [0.25, 0.3) is 11.2 Å². The predicted molar refractivity (Wildman–Crippen MR) is 126 cm³/mol. The van der Waals surface area contributed by atoms with Crippen molar-refractivity contribution in [3.05, 3.63) is 90.5 Å². The highest BCUT2D eigenvalue weighted by atomic mass is 16.6. The van der Waals surface area contributed by atoms with Gasteiger partial charge in [-0.05, 0) is 30.3 Å². The zero-order chi connectivity index (χ0) is 26.7. The largest absolute Gasteiger partial charge is 0.416 e. The van der Waals surface area contributed by atoms with E-state index in [2.05, 4.69) is 19.9 Å². The smallest absolute Gasteiger partial charge is 0.343 e. The maximum absolute atomic E-state index is 12.5. The van der Waals surface area contributed by atoms with E-state index in [1.807, 2.05) is 0 Å². The fraction of sp³-hybridized carbons (Fsp3) is 0.0476. The Morgan fingerprint density at radius 3 is 2.49 bits per heavy atom. The summed E-state index contributed by atoms with van der Waals surface area (Å²) in [4.78, 5) is 72.2. The van der Waals surface area contributed by atoms with E-state index in [0.29, 0.717) is 18.2 Å². The standard InChI is InChI=1S/C21H14N8O8/c22-21-25-18-17(19(31)26-21)24-12(8-23-18)9-27(10-30)13-3-1-11(2-4-13)20(32)37-16-6-5-14(28(33)34)7-15(16)29(35)36/h1-8,10H,9H2,(H3,22,23,25,26,31). The minimum atomic E-state index is -0.965. The first-order chi connectivity index (χ1) is 17.7. The van der Waals surface area contributed by atoms with E-state index in [1.165, 1.54) is 35.4 Å². The van der Waals surface area contributed by atoms with Crippen molar-refractivity contribution in [3.63, 3.8) is 0 Å². The molecule has 0 aliphatic heterocycles. The molecule has 16 heteroatoms. The lowest BCUT2D eigenvalue weighted by Gasteiger charge is -2.17. The molecule has 2 aromatic heterocycles. The Morgan fingerprint density at radius 1 is 1.11 bits per heavy atom. The number of H-pyrrole nitrogens is 1. The molecule has 0 radical (unpaired) electrons. The number of nitrogens with zero attached hydrogens (tertiary/aromatic N) is 6. The van der Waals surface area contributed by atoms with E-state index in [0.717, 1.165) is 12.1 Å². The average Bonchev–Trinajstić information content (AvgIpc) is 2.87. The van der Waals surface area contributed by atoms with Crippen LogP contribution in [0.3, 0.4) is 0 Å². The normalized spacial score (nSPS) is 10.6. The van der Waals surface area contributed by atoms with Crippen LogP contribution in [0.4, 0.5) is 23.0 Å². The Hall–Kier alpha value is -5.80. The number of non-ortho nitro benzene ring substituents is 1. The zero-order valence-electron chi connectivity index (χ0n) is 18.4. The number of nitrogens with one attached hydrogen (secondary N) is 1. The first kappa shape index (κ1) is 24.3. The van der Waals surface area contributed by atoms with E-state index in [-0.39, 0.29) is 34.9 Å². The van der Waals surface area contributed by atoms with Crippen LogP contribution in [-0.4, -0.2) is 42.2 Å². The Labute approximate surface area is 204 Å². The molecule has 2 heterocycles. The number of anilines is 2. The van der Waals surface area contributed by atoms with Crippen LogP contribution in [0.25, 0.3) is 11.2 Å². The number of hydrogen-bond donors (Lipinski definition) is 2. The number of hydrogen-bond acceptors (Lipinski definition) is 12. The number of aromatic amines is 1. The number of nitrogens with two attached hydrogens (primary N) is 1. The van der Waals surface area contributed by atoms with Gasteiger partial charge in [0.1, 0.15) is 0 Å². The SMILES string of the molecule is Nc1nc2ncc(CN(C=O)c3ccc(C(=O)Oc4ccc([N+](=O)[O-])cc4[N+](=O)[O-])cc3)nc2c(=O)[nH]1.